The third kappa shape index (κ3) is 5.81. The Hall–Kier alpha value is -2.38. The molecular weight excluding hydrogens is 400 g/mol. The van der Waals surface area contributed by atoms with Crippen LogP contribution >= 0.6 is 11.6 Å². The van der Waals surface area contributed by atoms with Crippen molar-refractivity contribution in [3.8, 4) is 0 Å². The summed E-state index contributed by atoms with van der Waals surface area (Å²) >= 11 is 5.84. The number of hydrogen-bond acceptors (Lipinski definition) is 4. The topological polar surface area (TPSA) is 92.3 Å². The van der Waals surface area contributed by atoms with Crippen LogP contribution in [0.1, 0.15) is 30.6 Å². The zero-order valence-corrected chi connectivity index (χ0v) is 17.5. The molecule has 2 atom stereocenters. The average Bonchev–Trinajstić information content (AvgIpc) is 2.65. The molecule has 0 bridgehead atoms. The Balaban J connectivity index is 2.19. The van der Waals surface area contributed by atoms with Crippen LogP contribution in [0.3, 0.4) is 0 Å². The van der Waals surface area contributed by atoms with Crippen LogP contribution in [0.25, 0.3) is 0 Å². The van der Waals surface area contributed by atoms with Crippen LogP contribution in [0.4, 0.5) is 5.69 Å². The molecule has 0 aliphatic heterocycles. The zero-order chi connectivity index (χ0) is 20.9. The van der Waals surface area contributed by atoms with Crippen LogP contribution < -0.4 is 10.6 Å². The number of halogens is 1. The van der Waals surface area contributed by atoms with Gasteiger partial charge >= 0.3 is 0 Å². The lowest BCUT2D eigenvalue weighted by atomic mass is 9.97. The van der Waals surface area contributed by atoms with Gasteiger partial charge in [0.05, 0.1) is 4.90 Å². The van der Waals surface area contributed by atoms with Gasteiger partial charge in [0, 0.05) is 22.5 Å². The molecule has 0 aliphatic carbocycles. The fourth-order valence-corrected chi connectivity index (χ4v) is 3.35. The minimum absolute atomic E-state index is 0.107. The Morgan fingerprint density at radius 2 is 1.75 bits per heavy atom. The van der Waals surface area contributed by atoms with Crippen molar-refractivity contribution in [3.63, 3.8) is 0 Å². The second-order valence-corrected chi connectivity index (χ2v) is 9.08. The predicted octanol–water partition coefficient (Wildman–Crippen LogP) is 3.53. The summed E-state index contributed by atoms with van der Waals surface area (Å²) in [6, 6.07) is 11.6. The maximum absolute atomic E-state index is 12.8. The molecule has 0 aromatic heterocycles. The molecule has 2 N–H and O–H groups in total. The van der Waals surface area contributed by atoms with E-state index in [0.29, 0.717) is 22.7 Å². The molecule has 2 amide bonds. The van der Waals surface area contributed by atoms with Gasteiger partial charge in [-0.05, 0) is 48.4 Å². The summed E-state index contributed by atoms with van der Waals surface area (Å²) in [5, 5.41) is 5.97. The van der Waals surface area contributed by atoms with E-state index >= 15 is 0 Å². The molecule has 2 aromatic rings. The van der Waals surface area contributed by atoms with E-state index in [-0.39, 0.29) is 16.7 Å². The van der Waals surface area contributed by atoms with Gasteiger partial charge in [0.15, 0.2) is 9.84 Å². The normalized spacial score (nSPS) is 13.4. The number of benzene rings is 2. The first-order valence-electron chi connectivity index (χ1n) is 8.79. The summed E-state index contributed by atoms with van der Waals surface area (Å²) in [5.74, 6) is -0.932. The lowest BCUT2D eigenvalue weighted by Gasteiger charge is -2.23. The van der Waals surface area contributed by atoms with Crippen molar-refractivity contribution in [2.24, 2.45) is 5.92 Å². The SMILES string of the molecule is CCC(C)C(NC(=O)c1ccc(Cl)cc1)C(=O)Nc1cccc(S(C)(=O)=O)c1. The maximum Gasteiger partial charge on any atom is 0.251 e. The van der Waals surface area contributed by atoms with Crippen LogP contribution in [0.2, 0.25) is 5.02 Å². The van der Waals surface area contributed by atoms with Gasteiger partial charge in [-0.15, -0.1) is 0 Å². The molecule has 2 rings (SSSR count). The Bertz CT molecular complexity index is 958. The molecule has 0 heterocycles. The second kappa shape index (κ2) is 9.21. The summed E-state index contributed by atoms with van der Waals surface area (Å²) in [7, 11) is -3.39. The molecule has 2 aromatic carbocycles. The number of carbonyl (C=O) groups is 2. The highest BCUT2D eigenvalue weighted by molar-refractivity contribution is 7.90. The van der Waals surface area contributed by atoms with Crippen molar-refractivity contribution >= 4 is 38.9 Å². The molecule has 2 unspecified atom stereocenters. The Morgan fingerprint density at radius 1 is 1.11 bits per heavy atom. The van der Waals surface area contributed by atoms with Crippen molar-refractivity contribution in [1.82, 2.24) is 5.32 Å². The number of nitrogens with one attached hydrogen (secondary N) is 2. The molecule has 0 saturated heterocycles. The van der Waals surface area contributed by atoms with Crippen molar-refractivity contribution < 1.29 is 18.0 Å². The highest BCUT2D eigenvalue weighted by Gasteiger charge is 2.26. The Morgan fingerprint density at radius 3 is 2.32 bits per heavy atom. The monoisotopic (exact) mass is 422 g/mol. The van der Waals surface area contributed by atoms with Crippen LogP contribution in [-0.2, 0) is 14.6 Å². The molecule has 28 heavy (non-hydrogen) atoms. The van der Waals surface area contributed by atoms with Crippen LogP contribution in [0.15, 0.2) is 53.4 Å². The van der Waals surface area contributed by atoms with Gasteiger partial charge in [0.25, 0.3) is 5.91 Å². The van der Waals surface area contributed by atoms with Crippen molar-refractivity contribution in [3.05, 3.63) is 59.1 Å². The van der Waals surface area contributed by atoms with Crippen LogP contribution in [-0.4, -0.2) is 32.5 Å². The van der Waals surface area contributed by atoms with E-state index in [1.54, 1.807) is 36.4 Å². The minimum Gasteiger partial charge on any atom is -0.340 e. The van der Waals surface area contributed by atoms with Crippen LogP contribution in [0.5, 0.6) is 0 Å². The molecule has 0 spiro atoms. The smallest absolute Gasteiger partial charge is 0.251 e. The van der Waals surface area contributed by atoms with E-state index in [0.717, 1.165) is 6.26 Å². The molecule has 8 heteroatoms. The maximum atomic E-state index is 12.8. The lowest BCUT2D eigenvalue weighted by molar-refractivity contribution is -0.119. The molecular formula is C20H23ClN2O4S. The summed E-state index contributed by atoms with van der Waals surface area (Å²) in [6.07, 6.45) is 1.77. The summed E-state index contributed by atoms with van der Waals surface area (Å²) in [4.78, 5) is 25.4. The van der Waals surface area contributed by atoms with Gasteiger partial charge in [-0.25, -0.2) is 8.42 Å². The van der Waals surface area contributed by atoms with E-state index in [1.807, 2.05) is 13.8 Å². The number of rotatable bonds is 7. The van der Waals surface area contributed by atoms with Crippen molar-refractivity contribution in [2.45, 2.75) is 31.2 Å². The first-order valence-corrected chi connectivity index (χ1v) is 11.1. The molecule has 0 fully saturated rings. The molecule has 0 saturated carbocycles. The van der Waals surface area contributed by atoms with E-state index in [4.69, 9.17) is 11.6 Å². The number of amides is 2. The van der Waals surface area contributed by atoms with Gasteiger partial charge < -0.3 is 10.6 Å². The van der Waals surface area contributed by atoms with Gasteiger partial charge in [-0.2, -0.15) is 0 Å². The van der Waals surface area contributed by atoms with Crippen LogP contribution in [0, 0.1) is 5.92 Å². The van der Waals surface area contributed by atoms with Crippen molar-refractivity contribution in [1.29, 1.82) is 0 Å². The largest absolute Gasteiger partial charge is 0.340 e. The first-order chi connectivity index (χ1) is 13.1. The van der Waals surface area contributed by atoms with Gasteiger partial charge in [0.1, 0.15) is 6.04 Å². The summed E-state index contributed by atoms with van der Waals surface area (Å²) < 4.78 is 23.4. The van der Waals surface area contributed by atoms with E-state index in [2.05, 4.69) is 10.6 Å². The average molecular weight is 423 g/mol. The molecule has 150 valence electrons. The number of carbonyl (C=O) groups excluding carboxylic acids is 2. The lowest BCUT2D eigenvalue weighted by Crippen LogP contribution is -2.47. The Kier molecular flexibility index (Phi) is 7.21. The van der Waals surface area contributed by atoms with Gasteiger partial charge in [-0.1, -0.05) is 37.9 Å². The third-order valence-electron chi connectivity index (χ3n) is 4.42. The molecule has 6 nitrogen and oxygen atoms in total. The third-order valence-corrected chi connectivity index (χ3v) is 5.78. The quantitative estimate of drug-likeness (QED) is 0.713. The molecule has 0 radical (unpaired) electrons. The highest BCUT2D eigenvalue weighted by atomic mass is 35.5. The summed E-state index contributed by atoms with van der Waals surface area (Å²) in [6.45, 7) is 3.78. The highest BCUT2D eigenvalue weighted by Crippen LogP contribution is 2.18. The number of sulfone groups is 1. The zero-order valence-electron chi connectivity index (χ0n) is 15.9. The molecule has 0 aliphatic rings. The Labute approximate surface area is 170 Å². The van der Waals surface area contributed by atoms with E-state index in [1.165, 1.54) is 12.1 Å². The number of anilines is 1. The van der Waals surface area contributed by atoms with Gasteiger partial charge in [0.2, 0.25) is 5.91 Å². The fraction of sp³-hybridized carbons (Fsp3) is 0.300. The van der Waals surface area contributed by atoms with Crippen molar-refractivity contribution in [2.75, 3.05) is 11.6 Å². The van der Waals surface area contributed by atoms with E-state index in [9.17, 15) is 18.0 Å². The minimum atomic E-state index is -3.39. The van der Waals surface area contributed by atoms with Gasteiger partial charge in [-0.3, -0.25) is 9.59 Å². The van der Waals surface area contributed by atoms with E-state index < -0.39 is 21.8 Å². The summed E-state index contributed by atoms with van der Waals surface area (Å²) in [5.41, 5.74) is 0.742. The fourth-order valence-electron chi connectivity index (χ4n) is 2.55. The second-order valence-electron chi connectivity index (χ2n) is 6.63. The first kappa shape index (κ1) is 21.9. The standard InChI is InChI=1S/C20H23ClN2O4S/c1-4-13(2)18(23-19(24)14-8-10-15(21)11-9-14)20(25)22-16-6-5-7-17(12-16)28(3,26)27/h5-13,18H,4H2,1-3H3,(H,22,25)(H,23,24). The number of hydrogen-bond donors (Lipinski definition) is 2. The predicted molar refractivity (Wildman–Crippen MR) is 110 cm³/mol.